The van der Waals surface area contributed by atoms with Crippen LogP contribution in [0.3, 0.4) is 0 Å². The molecule has 0 N–H and O–H groups in total. The van der Waals surface area contributed by atoms with Gasteiger partial charge in [-0.3, -0.25) is 4.79 Å². The zero-order chi connectivity index (χ0) is 16.3. The van der Waals surface area contributed by atoms with Crippen LogP contribution in [0.2, 0.25) is 0 Å². The molecule has 2 aliphatic heterocycles. The van der Waals surface area contributed by atoms with Crippen molar-refractivity contribution in [3.63, 3.8) is 0 Å². The fourth-order valence-corrected chi connectivity index (χ4v) is 3.71. The third kappa shape index (κ3) is 3.93. The van der Waals surface area contributed by atoms with Crippen LogP contribution in [-0.2, 0) is 4.79 Å². The lowest BCUT2D eigenvalue weighted by Crippen LogP contribution is -2.56. The number of carbonyl (C=O) groups is 2. The molecule has 2 rings (SSSR count). The minimum absolute atomic E-state index is 0.102. The van der Waals surface area contributed by atoms with Gasteiger partial charge in [-0.15, -0.1) is 0 Å². The van der Waals surface area contributed by atoms with Crippen LogP contribution in [-0.4, -0.2) is 66.9 Å². The van der Waals surface area contributed by atoms with Crippen molar-refractivity contribution >= 4 is 11.9 Å². The quantitative estimate of drug-likeness (QED) is 0.803. The minimum atomic E-state index is 0.102. The molecule has 22 heavy (non-hydrogen) atoms. The molecule has 2 fully saturated rings. The minimum Gasteiger partial charge on any atom is -0.342 e. The highest BCUT2D eigenvalue weighted by atomic mass is 16.2. The third-order valence-electron chi connectivity index (χ3n) is 5.04. The zero-order valence-electron chi connectivity index (χ0n) is 14.6. The first kappa shape index (κ1) is 17.1. The summed E-state index contributed by atoms with van der Waals surface area (Å²) >= 11 is 0. The van der Waals surface area contributed by atoms with Gasteiger partial charge in [0.05, 0.1) is 0 Å². The molecule has 1 atom stereocenters. The summed E-state index contributed by atoms with van der Waals surface area (Å²) in [6.45, 7) is 7.73. The molecule has 5 nitrogen and oxygen atoms in total. The summed E-state index contributed by atoms with van der Waals surface area (Å²) in [6.07, 6.45) is 4.81. The van der Waals surface area contributed by atoms with Gasteiger partial charge in [-0.2, -0.15) is 0 Å². The number of carbonyl (C=O) groups excluding carboxylic acids is 2. The lowest BCUT2D eigenvalue weighted by atomic mass is 9.73. The van der Waals surface area contributed by atoms with Crippen molar-refractivity contribution in [1.29, 1.82) is 0 Å². The molecule has 1 unspecified atom stereocenters. The highest BCUT2D eigenvalue weighted by Crippen LogP contribution is 2.39. The van der Waals surface area contributed by atoms with Gasteiger partial charge in [-0.1, -0.05) is 13.8 Å². The van der Waals surface area contributed by atoms with E-state index in [2.05, 4.69) is 13.8 Å². The van der Waals surface area contributed by atoms with E-state index in [1.807, 2.05) is 23.9 Å². The maximum absolute atomic E-state index is 12.3. The van der Waals surface area contributed by atoms with Gasteiger partial charge in [0.1, 0.15) is 0 Å². The first-order valence-electron chi connectivity index (χ1n) is 8.57. The molecule has 0 bridgehead atoms. The standard InChI is InChI=1S/C17H31N3O2/c1-14(2)7-11-19-12-17(9-6-15(19)21)8-5-10-20(13-17)16(22)18(3)4/h14H,5-13H2,1-4H3. The van der Waals surface area contributed by atoms with Gasteiger partial charge in [0, 0.05) is 52.1 Å². The van der Waals surface area contributed by atoms with Crippen molar-refractivity contribution in [1.82, 2.24) is 14.7 Å². The number of hydrogen-bond acceptors (Lipinski definition) is 2. The Morgan fingerprint density at radius 3 is 2.64 bits per heavy atom. The molecule has 0 aliphatic carbocycles. The molecular weight excluding hydrogens is 278 g/mol. The molecule has 5 heteroatoms. The van der Waals surface area contributed by atoms with E-state index in [0.29, 0.717) is 18.2 Å². The van der Waals surface area contributed by atoms with Crippen LogP contribution in [0.25, 0.3) is 0 Å². The van der Waals surface area contributed by atoms with Crippen molar-refractivity contribution in [3.05, 3.63) is 0 Å². The smallest absolute Gasteiger partial charge is 0.319 e. The Hall–Kier alpha value is -1.26. The molecule has 2 saturated heterocycles. The molecule has 2 aliphatic rings. The SMILES string of the molecule is CC(C)CCN1CC2(CCCN(C(=O)N(C)C)C2)CCC1=O. The van der Waals surface area contributed by atoms with Gasteiger partial charge in [0.2, 0.25) is 5.91 Å². The van der Waals surface area contributed by atoms with E-state index in [9.17, 15) is 9.59 Å². The number of nitrogens with zero attached hydrogens (tertiary/aromatic N) is 3. The summed E-state index contributed by atoms with van der Waals surface area (Å²) in [5.41, 5.74) is 0.120. The average molecular weight is 309 g/mol. The molecular formula is C17H31N3O2. The maximum Gasteiger partial charge on any atom is 0.319 e. The highest BCUT2D eigenvalue weighted by molar-refractivity contribution is 5.77. The van der Waals surface area contributed by atoms with Crippen LogP contribution in [0.1, 0.15) is 46.0 Å². The molecule has 126 valence electrons. The zero-order valence-corrected chi connectivity index (χ0v) is 14.6. The molecule has 0 aromatic heterocycles. The fourth-order valence-electron chi connectivity index (χ4n) is 3.71. The van der Waals surface area contributed by atoms with Crippen molar-refractivity contribution in [3.8, 4) is 0 Å². The van der Waals surface area contributed by atoms with Crippen LogP contribution in [0.15, 0.2) is 0 Å². The number of likely N-dealkylation sites (tertiary alicyclic amines) is 2. The largest absolute Gasteiger partial charge is 0.342 e. The number of urea groups is 1. The predicted molar refractivity (Wildman–Crippen MR) is 87.6 cm³/mol. The second-order valence-electron chi connectivity index (χ2n) is 7.70. The van der Waals surface area contributed by atoms with E-state index in [4.69, 9.17) is 0 Å². The number of hydrogen-bond donors (Lipinski definition) is 0. The van der Waals surface area contributed by atoms with Gasteiger partial charge in [0.15, 0.2) is 0 Å². The van der Waals surface area contributed by atoms with Crippen molar-refractivity contribution in [2.75, 3.05) is 40.3 Å². The summed E-state index contributed by atoms with van der Waals surface area (Å²) in [5.74, 6) is 0.909. The number of piperidine rings is 2. The molecule has 0 aromatic carbocycles. The van der Waals surface area contributed by atoms with Gasteiger partial charge < -0.3 is 14.7 Å². The Morgan fingerprint density at radius 2 is 2.00 bits per heavy atom. The Kier molecular flexibility index (Phi) is 5.35. The molecule has 3 amide bonds. The molecule has 0 saturated carbocycles. The van der Waals surface area contributed by atoms with Gasteiger partial charge in [0.25, 0.3) is 0 Å². The first-order chi connectivity index (χ1) is 10.3. The van der Waals surface area contributed by atoms with E-state index in [-0.39, 0.29) is 11.4 Å². The van der Waals surface area contributed by atoms with E-state index in [1.165, 1.54) is 0 Å². The summed E-state index contributed by atoms with van der Waals surface area (Å²) in [5, 5.41) is 0. The average Bonchev–Trinajstić information content (AvgIpc) is 2.47. The van der Waals surface area contributed by atoms with Crippen LogP contribution >= 0.6 is 0 Å². The third-order valence-corrected chi connectivity index (χ3v) is 5.04. The van der Waals surface area contributed by atoms with Gasteiger partial charge in [-0.05, 0) is 31.6 Å². The highest BCUT2D eigenvalue weighted by Gasteiger charge is 2.42. The Morgan fingerprint density at radius 1 is 1.27 bits per heavy atom. The summed E-state index contributed by atoms with van der Waals surface area (Å²) in [4.78, 5) is 30.1. The molecule has 0 aromatic rings. The number of amides is 3. The molecule has 0 radical (unpaired) electrons. The van der Waals surface area contributed by atoms with E-state index in [0.717, 1.165) is 51.9 Å². The Bertz CT molecular complexity index is 422. The van der Waals surface area contributed by atoms with Crippen molar-refractivity contribution in [2.45, 2.75) is 46.0 Å². The van der Waals surface area contributed by atoms with Gasteiger partial charge >= 0.3 is 6.03 Å². The van der Waals surface area contributed by atoms with Crippen molar-refractivity contribution < 1.29 is 9.59 Å². The summed E-state index contributed by atoms with van der Waals surface area (Å²) in [7, 11) is 3.62. The topological polar surface area (TPSA) is 43.9 Å². The normalized spacial score (nSPS) is 26.0. The van der Waals surface area contributed by atoms with Crippen molar-refractivity contribution in [2.24, 2.45) is 11.3 Å². The fraction of sp³-hybridized carbons (Fsp3) is 0.882. The van der Waals surface area contributed by atoms with Crippen LogP contribution in [0.5, 0.6) is 0 Å². The Balaban J connectivity index is 2.02. The predicted octanol–water partition coefficient (Wildman–Crippen LogP) is 2.42. The second kappa shape index (κ2) is 6.88. The second-order valence-corrected chi connectivity index (χ2v) is 7.70. The first-order valence-corrected chi connectivity index (χ1v) is 8.57. The van der Waals surface area contributed by atoms with Crippen LogP contribution in [0, 0.1) is 11.3 Å². The summed E-state index contributed by atoms with van der Waals surface area (Å²) in [6, 6.07) is 0.102. The monoisotopic (exact) mass is 309 g/mol. The summed E-state index contributed by atoms with van der Waals surface area (Å²) < 4.78 is 0. The van der Waals surface area contributed by atoms with E-state index < -0.39 is 0 Å². The van der Waals surface area contributed by atoms with Gasteiger partial charge in [-0.25, -0.2) is 4.79 Å². The van der Waals surface area contributed by atoms with Crippen LogP contribution < -0.4 is 0 Å². The molecule has 1 spiro atoms. The maximum atomic E-state index is 12.3. The Labute approximate surface area is 134 Å². The van der Waals surface area contributed by atoms with E-state index >= 15 is 0 Å². The lowest BCUT2D eigenvalue weighted by Gasteiger charge is -2.48. The number of rotatable bonds is 3. The molecule has 2 heterocycles. The van der Waals surface area contributed by atoms with Crippen LogP contribution in [0.4, 0.5) is 4.79 Å². The lowest BCUT2D eigenvalue weighted by molar-refractivity contribution is -0.139. The van der Waals surface area contributed by atoms with E-state index in [1.54, 1.807) is 4.90 Å².